The predicted octanol–water partition coefficient (Wildman–Crippen LogP) is 0.0835. The number of hydrogen-bond donors (Lipinski definition) is 3. The number of amides is 2. The maximum Gasteiger partial charge on any atom is 0.328 e. The molecule has 0 saturated carbocycles. The van der Waals surface area contributed by atoms with E-state index < -0.39 is 29.9 Å². The van der Waals surface area contributed by atoms with Gasteiger partial charge in [0.15, 0.2) is 0 Å². The second kappa shape index (κ2) is 11.5. The summed E-state index contributed by atoms with van der Waals surface area (Å²) in [7, 11) is 1.28. The first-order valence-electron chi connectivity index (χ1n) is 7.92. The minimum Gasteiger partial charge on any atom is -0.467 e. The molecule has 0 aliphatic rings. The van der Waals surface area contributed by atoms with Gasteiger partial charge in [0, 0.05) is 6.42 Å². The average molecular weight is 367 g/mol. The molecule has 4 N–H and O–H groups in total. The standard InChI is InChI=1S/C17H25N3O4S/c1-24-17(23)13(8-9-25-2)20-16(22)14(19-15(21)11-18)10-12-6-4-3-5-7-12/h3-7,13-14H,8-11,18H2,1-2H3,(H,19,21)(H,20,22)/t13-,14-/m0/s1. The van der Waals surface area contributed by atoms with E-state index in [1.807, 2.05) is 36.6 Å². The van der Waals surface area contributed by atoms with Crippen LogP contribution in [0.4, 0.5) is 0 Å². The van der Waals surface area contributed by atoms with Crippen LogP contribution in [0, 0.1) is 0 Å². The van der Waals surface area contributed by atoms with Crippen LogP contribution >= 0.6 is 11.8 Å². The molecule has 2 amide bonds. The lowest BCUT2D eigenvalue weighted by molar-refractivity contribution is -0.145. The second-order valence-corrected chi connectivity index (χ2v) is 6.37. The first kappa shape index (κ1) is 21.0. The van der Waals surface area contributed by atoms with E-state index in [2.05, 4.69) is 10.6 Å². The number of methoxy groups -OCH3 is 1. The van der Waals surface area contributed by atoms with Crippen molar-refractivity contribution in [1.29, 1.82) is 0 Å². The Kier molecular flexibility index (Phi) is 9.64. The maximum absolute atomic E-state index is 12.6. The number of carbonyl (C=O) groups is 3. The molecule has 0 fully saturated rings. The summed E-state index contributed by atoms with van der Waals surface area (Å²) in [5.41, 5.74) is 6.22. The Morgan fingerprint density at radius 1 is 1.16 bits per heavy atom. The Balaban J connectivity index is 2.85. The number of nitrogens with two attached hydrogens (primary N) is 1. The third-order valence-electron chi connectivity index (χ3n) is 3.53. The highest BCUT2D eigenvalue weighted by Gasteiger charge is 2.27. The normalized spacial score (nSPS) is 12.8. The van der Waals surface area contributed by atoms with Crippen molar-refractivity contribution in [3.63, 3.8) is 0 Å². The van der Waals surface area contributed by atoms with E-state index in [1.165, 1.54) is 7.11 Å². The Hall–Kier alpha value is -2.06. The van der Waals surface area contributed by atoms with Crippen LogP contribution in [0.1, 0.15) is 12.0 Å². The van der Waals surface area contributed by atoms with E-state index in [0.29, 0.717) is 18.6 Å². The zero-order chi connectivity index (χ0) is 18.7. The summed E-state index contributed by atoms with van der Waals surface area (Å²) in [6.45, 7) is -0.217. The Bertz CT molecular complexity index is 568. The number of rotatable bonds is 10. The lowest BCUT2D eigenvalue weighted by atomic mass is 10.0. The molecule has 25 heavy (non-hydrogen) atoms. The van der Waals surface area contributed by atoms with Gasteiger partial charge in [0.25, 0.3) is 0 Å². The highest BCUT2D eigenvalue weighted by Crippen LogP contribution is 2.06. The zero-order valence-electron chi connectivity index (χ0n) is 14.5. The van der Waals surface area contributed by atoms with Crippen LogP contribution in [0.2, 0.25) is 0 Å². The van der Waals surface area contributed by atoms with Gasteiger partial charge in [-0.25, -0.2) is 4.79 Å². The fourth-order valence-electron chi connectivity index (χ4n) is 2.21. The smallest absolute Gasteiger partial charge is 0.328 e. The Labute approximate surface area is 152 Å². The largest absolute Gasteiger partial charge is 0.467 e. The molecule has 8 heteroatoms. The van der Waals surface area contributed by atoms with Crippen LogP contribution in [-0.4, -0.2) is 55.5 Å². The lowest BCUT2D eigenvalue weighted by Gasteiger charge is -2.22. The molecular weight excluding hydrogens is 342 g/mol. The fraction of sp³-hybridized carbons (Fsp3) is 0.471. The molecule has 1 aromatic carbocycles. The molecule has 0 saturated heterocycles. The molecular formula is C17H25N3O4S. The summed E-state index contributed by atoms with van der Waals surface area (Å²) in [6, 6.07) is 7.72. The summed E-state index contributed by atoms with van der Waals surface area (Å²) >= 11 is 1.56. The van der Waals surface area contributed by atoms with E-state index >= 15 is 0 Å². The van der Waals surface area contributed by atoms with E-state index in [4.69, 9.17) is 10.5 Å². The van der Waals surface area contributed by atoms with Gasteiger partial charge >= 0.3 is 5.97 Å². The molecule has 1 aromatic rings. The van der Waals surface area contributed by atoms with Crippen LogP contribution in [0.15, 0.2) is 30.3 Å². The van der Waals surface area contributed by atoms with Gasteiger partial charge in [-0.3, -0.25) is 9.59 Å². The Morgan fingerprint density at radius 3 is 2.40 bits per heavy atom. The number of hydrogen-bond acceptors (Lipinski definition) is 6. The van der Waals surface area contributed by atoms with Gasteiger partial charge in [0.2, 0.25) is 11.8 Å². The van der Waals surface area contributed by atoms with Gasteiger partial charge in [-0.1, -0.05) is 30.3 Å². The second-order valence-electron chi connectivity index (χ2n) is 5.38. The van der Waals surface area contributed by atoms with Crippen molar-refractivity contribution in [2.24, 2.45) is 5.73 Å². The number of ether oxygens (including phenoxy) is 1. The molecule has 138 valence electrons. The molecule has 0 bridgehead atoms. The molecule has 2 atom stereocenters. The fourth-order valence-corrected chi connectivity index (χ4v) is 2.68. The summed E-state index contributed by atoms with van der Waals surface area (Å²) in [5.74, 6) is -0.693. The predicted molar refractivity (Wildman–Crippen MR) is 98.1 cm³/mol. The zero-order valence-corrected chi connectivity index (χ0v) is 15.3. The van der Waals surface area contributed by atoms with Crippen molar-refractivity contribution in [3.8, 4) is 0 Å². The van der Waals surface area contributed by atoms with Crippen molar-refractivity contribution in [1.82, 2.24) is 10.6 Å². The molecule has 0 aromatic heterocycles. The van der Waals surface area contributed by atoms with Gasteiger partial charge < -0.3 is 21.1 Å². The first-order chi connectivity index (χ1) is 12.0. The van der Waals surface area contributed by atoms with Crippen molar-refractivity contribution >= 4 is 29.5 Å². The van der Waals surface area contributed by atoms with Crippen LogP contribution in [-0.2, 0) is 25.5 Å². The van der Waals surface area contributed by atoms with E-state index in [1.54, 1.807) is 11.8 Å². The van der Waals surface area contributed by atoms with E-state index in [0.717, 1.165) is 5.56 Å². The summed E-state index contributed by atoms with van der Waals surface area (Å²) in [4.78, 5) is 36.1. The van der Waals surface area contributed by atoms with Crippen LogP contribution < -0.4 is 16.4 Å². The minimum atomic E-state index is -0.820. The van der Waals surface area contributed by atoms with Gasteiger partial charge in [-0.2, -0.15) is 11.8 Å². The molecule has 0 radical (unpaired) electrons. The van der Waals surface area contributed by atoms with Crippen molar-refractivity contribution in [2.75, 3.05) is 25.7 Å². The van der Waals surface area contributed by atoms with Gasteiger partial charge in [-0.15, -0.1) is 0 Å². The molecule has 7 nitrogen and oxygen atoms in total. The third-order valence-corrected chi connectivity index (χ3v) is 4.18. The number of benzene rings is 1. The maximum atomic E-state index is 12.6. The summed E-state index contributed by atoms with van der Waals surface area (Å²) < 4.78 is 4.74. The van der Waals surface area contributed by atoms with Crippen molar-refractivity contribution < 1.29 is 19.1 Å². The van der Waals surface area contributed by atoms with Crippen molar-refractivity contribution in [3.05, 3.63) is 35.9 Å². The topological polar surface area (TPSA) is 111 Å². The first-order valence-corrected chi connectivity index (χ1v) is 9.31. The monoisotopic (exact) mass is 367 g/mol. The number of carbonyl (C=O) groups excluding carboxylic acids is 3. The minimum absolute atomic E-state index is 0.217. The third kappa shape index (κ3) is 7.57. The van der Waals surface area contributed by atoms with Crippen molar-refractivity contribution in [2.45, 2.75) is 24.9 Å². The molecule has 0 heterocycles. The molecule has 0 aliphatic carbocycles. The average Bonchev–Trinajstić information content (AvgIpc) is 2.64. The van der Waals surface area contributed by atoms with Gasteiger partial charge in [0.1, 0.15) is 12.1 Å². The van der Waals surface area contributed by atoms with Gasteiger partial charge in [-0.05, 0) is 24.0 Å². The molecule has 0 spiro atoms. The highest BCUT2D eigenvalue weighted by atomic mass is 32.2. The lowest BCUT2D eigenvalue weighted by Crippen LogP contribution is -2.53. The highest BCUT2D eigenvalue weighted by molar-refractivity contribution is 7.98. The van der Waals surface area contributed by atoms with Gasteiger partial charge in [0.05, 0.1) is 13.7 Å². The van der Waals surface area contributed by atoms with Crippen LogP contribution in [0.5, 0.6) is 0 Å². The van der Waals surface area contributed by atoms with Crippen LogP contribution in [0.3, 0.4) is 0 Å². The SMILES string of the molecule is COC(=O)[C@H](CCSC)NC(=O)[C@H](Cc1ccccc1)NC(=O)CN. The Morgan fingerprint density at radius 2 is 1.84 bits per heavy atom. The molecule has 1 rings (SSSR count). The summed E-state index contributed by atoms with van der Waals surface area (Å²) in [5, 5.41) is 5.27. The van der Waals surface area contributed by atoms with Crippen LogP contribution in [0.25, 0.3) is 0 Å². The number of nitrogens with one attached hydrogen (secondary N) is 2. The quantitative estimate of drug-likeness (QED) is 0.505. The van der Waals surface area contributed by atoms with E-state index in [9.17, 15) is 14.4 Å². The number of esters is 1. The molecule has 0 unspecified atom stereocenters. The number of thioether (sulfide) groups is 1. The molecule has 0 aliphatic heterocycles. The van der Waals surface area contributed by atoms with E-state index in [-0.39, 0.29) is 6.54 Å². The summed E-state index contributed by atoms with van der Waals surface area (Å²) in [6.07, 6.45) is 2.66.